The van der Waals surface area contributed by atoms with Crippen LogP contribution >= 0.6 is 23.3 Å². The van der Waals surface area contributed by atoms with E-state index in [1.807, 2.05) is 54.6 Å². The minimum Gasteiger partial charge on any atom is -0.497 e. The normalized spacial score (nSPS) is 17.4. The van der Waals surface area contributed by atoms with Crippen LogP contribution in [0.5, 0.6) is 5.75 Å². The molecule has 0 radical (unpaired) electrons. The van der Waals surface area contributed by atoms with E-state index in [9.17, 15) is 4.79 Å². The van der Waals surface area contributed by atoms with E-state index in [1.54, 1.807) is 7.11 Å². The summed E-state index contributed by atoms with van der Waals surface area (Å²) in [6.07, 6.45) is 1.82. The van der Waals surface area contributed by atoms with Gasteiger partial charge in [0.15, 0.2) is 11.0 Å². The van der Waals surface area contributed by atoms with Crippen molar-refractivity contribution >= 4 is 56.3 Å². The maximum atomic E-state index is 12.2. The fourth-order valence-corrected chi connectivity index (χ4v) is 3.96. The van der Waals surface area contributed by atoms with E-state index in [4.69, 9.17) is 4.74 Å². The molecule has 1 N–H and O–H groups in total. The Bertz CT molecular complexity index is 1020. The fraction of sp³-hybridized carbons (Fsp3) is 0.0556. The third kappa shape index (κ3) is 3.29. The van der Waals surface area contributed by atoms with Crippen LogP contribution < -0.4 is 10.1 Å². The Morgan fingerprint density at radius 3 is 2.96 bits per heavy atom. The van der Waals surface area contributed by atoms with Crippen molar-refractivity contribution in [2.75, 3.05) is 7.11 Å². The SMILES string of the molecule is COc1cccc(/C=C2/SC(=Nc3nsc4ccccc34)NC2=O)c1. The molecule has 25 heavy (non-hydrogen) atoms. The molecular weight excluding hydrogens is 354 g/mol. The molecule has 7 heteroatoms. The van der Waals surface area contributed by atoms with Crippen LogP contribution in [-0.4, -0.2) is 22.6 Å². The van der Waals surface area contributed by atoms with Gasteiger partial charge in [-0.1, -0.05) is 24.3 Å². The Morgan fingerprint density at radius 2 is 2.08 bits per heavy atom. The number of aliphatic imine (C=N–C) groups is 1. The first-order valence-corrected chi connectivity index (χ1v) is 9.10. The molecule has 2 heterocycles. The molecule has 4 rings (SSSR count). The highest BCUT2D eigenvalue weighted by Crippen LogP contribution is 2.32. The van der Waals surface area contributed by atoms with E-state index in [2.05, 4.69) is 14.7 Å². The second kappa shape index (κ2) is 6.70. The van der Waals surface area contributed by atoms with Crippen molar-refractivity contribution in [1.29, 1.82) is 0 Å². The number of carbonyl (C=O) groups is 1. The van der Waals surface area contributed by atoms with Gasteiger partial charge in [0, 0.05) is 5.39 Å². The number of fused-ring (bicyclic) bond motifs is 1. The molecule has 1 fully saturated rings. The summed E-state index contributed by atoms with van der Waals surface area (Å²) >= 11 is 2.71. The number of hydrogen-bond donors (Lipinski definition) is 1. The third-order valence-corrected chi connectivity index (χ3v) is 5.34. The molecule has 1 aliphatic rings. The summed E-state index contributed by atoms with van der Waals surface area (Å²) in [6.45, 7) is 0. The molecule has 2 aromatic carbocycles. The first-order valence-electron chi connectivity index (χ1n) is 7.51. The number of hydrogen-bond acceptors (Lipinski definition) is 6. The molecule has 5 nitrogen and oxygen atoms in total. The Kier molecular flexibility index (Phi) is 4.25. The number of nitrogens with one attached hydrogen (secondary N) is 1. The molecule has 1 aromatic heterocycles. The minimum absolute atomic E-state index is 0.161. The van der Waals surface area contributed by atoms with Crippen molar-refractivity contribution in [3.63, 3.8) is 0 Å². The number of aromatic nitrogens is 1. The van der Waals surface area contributed by atoms with Gasteiger partial charge in [0.25, 0.3) is 5.91 Å². The van der Waals surface area contributed by atoms with Gasteiger partial charge in [-0.15, -0.1) is 0 Å². The van der Waals surface area contributed by atoms with Crippen LogP contribution in [0.4, 0.5) is 5.82 Å². The van der Waals surface area contributed by atoms with Gasteiger partial charge in [-0.3, -0.25) is 4.79 Å². The van der Waals surface area contributed by atoms with Crippen LogP contribution in [-0.2, 0) is 4.79 Å². The molecule has 0 unspecified atom stereocenters. The number of rotatable bonds is 3. The molecule has 124 valence electrons. The first kappa shape index (κ1) is 15.9. The van der Waals surface area contributed by atoms with Crippen molar-refractivity contribution in [2.45, 2.75) is 0 Å². The zero-order valence-electron chi connectivity index (χ0n) is 13.2. The maximum absolute atomic E-state index is 12.2. The van der Waals surface area contributed by atoms with Crippen LogP contribution in [0.2, 0.25) is 0 Å². The Labute approximate surface area is 152 Å². The predicted molar refractivity (Wildman–Crippen MR) is 103 cm³/mol. The highest BCUT2D eigenvalue weighted by molar-refractivity contribution is 8.18. The molecule has 1 saturated heterocycles. The van der Waals surface area contributed by atoms with Gasteiger partial charge in [0.1, 0.15) is 5.75 Å². The Hall–Kier alpha value is -2.64. The number of methoxy groups -OCH3 is 1. The third-order valence-electron chi connectivity index (χ3n) is 3.61. The fourth-order valence-electron chi connectivity index (χ4n) is 2.41. The van der Waals surface area contributed by atoms with Crippen LogP contribution in [0, 0.1) is 0 Å². The summed E-state index contributed by atoms with van der Waals surface area (Å²) < 4.78 is 10.7. The Balaban J connectivity index is 1.62. The van der Waals surface area contributed by atoms with Gasteiger partial charge in [0.2, 0.25) is 0 Å². The highest BCUT2D eigenvalue weighted by atomic mass is 32.2. The van der Waals surface area contributed by atoms with E-state index in [-0.39, 0.29) is 5.91 Å². The van der Waals surface area contributed by atoms with Gasteiger partial charge < -0.3 is 10.1 Å². The summed E-state index contributed by atoms with van der Waals surface area (Å²) in [5.41, 5.74) is 0.900. The first-order chi connectivity index (χ1) is 12.2. The minimum atomic E-state index is -0.161. The Morgan fingerprint density at radius 1 is 1.20 bits per heavy atom. The molecule has 0 bridgehead atoms. The van der Waals surface area contributed by atoms with E-state index in [0.29, 0.717) is 15.9 Å². The summed E-state index contributed by atoms with van der Waals surface area (Å²) in [5.74, 6) is 1.22. The van der Waals surface area contributed by atoms with Crippen molar-refractivity contribution in [1.82, 2.24) is 9.69 Å². The molecule has 0 atom stereocenters. The zero-order valence-corrected chi connectivity index (χ0v) is 14.9. The summed E-state index contributed by atoms with van der Waals surface area (Å²) in [4.78, 5) is 17.3. The quantitative estimate of drug-likeness (QED) is 0.705. The van der Waals surface area contributed by atoms with Crippen molar-refractivity contribution in [3.8, 4) is 5.75 Å². The lowest BCUT2D eigenvalue weighted by Gasteiger charge is -2.00. The van der Waals surface area contributed by atoms with Crippen LogP contribution in [0.15, 0.2) is 58.4 Å². The largest absolute Gasteiger partial charge is 0.497 e. The molecular formula is C18H13N3O2S2. The highest BCUT2D eigenvalue weighted by Gasteiger charge is 2.24. The predicted octanol–water partition coefficient (Wildman–Crippen LogP) is 4.20. The second-order valence-corrected chi connectivity index (χ2v) is 7.10. The number of benzene rings is 2. The number of carbonyl (C=O) groups excluding carboxylic acids is 1. The van der Waals surface area contributed by atoms with Gasteiger partial charge in [-0.05, 0) is 59.2 Å². The average molecular weight is 367 g/mol. The van der Waals surface area contributed by atoms with E-state index < -0.39 is 0 Å². The monoisotopic (exact) mass is 367 g/mol. The molecule has 1 aliphatic heterocycles. The standard InChI is InChI=1S/C18H13N3O2S2/c1-23-12-6-4-5-11(9-12)10-15-17(22)20-18(24-15)19-16-13-7-2-3-8-14(13)25-21-16/h2-10H,1H3,(H,19,20,21,22)/b15-10+. The van der Waals surface area contributed by atoms with Crippen LogP contribution in [0.25, 0.3) is 16.2 Å². The molecule has 0 aliphatic carbocycles. The van der Waals surface area contributed by atoms with Crippen molar-refractivity contribution < 1.29 is 9.53 Å². The van der Waals surface area contributed by atoms with Gasteiger partial charge >= 0.3 is 0 Å². The number of amidine groups is 1. The van der Waals surface area contributed by atoms with Crippen LogP contribution in [0.1, 0.15) is 5.56 Å². The summed E-state index contributed by atoms with van der Waals surface area (Å²) in [6, 6.07) is 15.5. The lowest BCUT2D eigenvalue weighted by Crippen LogP contribution is -2.19. The maximum Gasteiger partial charge on any atom is 0.264 e. The topological polar surface area (TPSA) is 63.6 Å². The van der Waals surface area contributed by atoms with Gasteiger partial charge in [0.05, 0.1) is 16.7 Å². The van der Waals surface area contributed by atoms with Gasteiger partial charge in [-0.2, -0.15) is 4.37 Å². The molecule has 1 amide bonds. The lowest BCUT2D eigenvalue weighted by molar-refractivity contribution is -0.115. The summed E-state index contributed by atoms with van der Waals surface area (Å²) in [7, 11) is 1.62. The summed E-state index contributed by atoms with van der Waals surface area (Å²) in [5, 5.41) is 4.32. The van der Waals surface area contributed by atoms with Gasteiger partial charge in [-0.25, -0.2) is 4.99 Å². The molecule has 3 aromatic rings. The van der Waals surface area contributed by atoms with E-state index >= 15 is 0 Å². The average Bonchev–Trinajstić information content (AvgIpc) is 3.19. The number of ether oxygens (including phenoxy) is 1. The van der Waals surface area contributed by atoms with Crippen molar-refractivity contribution in [2.24, 2.45) is 4.99 Å². The number of amides is 1. The van der Waals surface area contributed by atoms with Crippen molar-refractivity contribution in [3.05, 3.63) is 59.0 Å². The van der Waals surface area contributed by atoms with E-state index in [0.717, 1.165) is 21.4 Å². The molecule has 0 spiro atoms. The number of thioether (sulfide) groups is 1. The van der Waals surface area contributed by atoms with Crippen LogP contribution in [0.3, 0.4) is 0 Å². The smallest absolute Gasteiger partial charge is 0.264 e. The lowest BCUT2D eigenvalue weighted by atomic mass is 10.2. The zero-order chi connectivity index (χ0) is 17.2. The number of nitrogens with zero attached hydrogens (tertiary/aromatic N) is 2. The van der Waals surface area contributed by atoms with E-state index in [1.165, 1.54) is 23.3 Å². The molecule has 0 saturated carbocycles. The second-order valence-electron chi connectivity index (χ2n) is 5.26.